The van der Waals surface area contributed by atoms with Crippen LogP contribution in [0.25, 0.3) is 0 Å². The van der Waals surface area contributed by atoms with Gasteiger partial charge in [0, 0.05) is 25.2 Å². The molecule has 0 aromatic rings. The summed E-state index contributed by atoms with van der Waals surface area (Å²) in [5, 5.41) is 9.53. The molecule has 2 aliphatic rings. The third-order valence-electron chi connectivity index (χ3n) is 5.55. The fraction of sp³-hybridized carbons (Fsp3) is 0.938. The Morgan fingerprint density at radius 2 is 2.00 bits per heavy atom. The predicted molar refractivity (Wildman–Crippen MR) is 80.8 cm³/mol. The maximum Gasteiger partial charge on any atom is 0.308 e. The first-order chi connectivity index (χ1) is 9.43. The average Bonchev–Trinajstić information content (AvgIpc) is 2.80. The van der Waals surface area contributed by atoms with Crippen LogP contribution in [-0.4, -0.2) is 60.1 Å². The molecular weight excluding hydrogens is 252 g/mol. The van der Waals surface area contributed by atoms with Gasteiger partial charge in [0.15, 0.2) is 0 Å². The summed E-state index contributed by atoms with van der Waals surface area (Å²) in [6.07, 6.45) is 4.20. The second kappa shape index (κ2) is 6.44. The van der Waals surface area contributed by atoms with E-state index in [1.807, 2.05) is 0 Å². The molecule has 0 radical (unpaired) electrons. The molecule has 1 heterocycles. The fourth-order valence-electron chi connectivity index (χ4n) is 4.22. The number of carbonyl (C=O) groups is 1. The van der Waals surface area contributed by atoms with Crippen molar-refractivity contribution in [3.05, 3.63) is 0 Å². The van der Waals surface area contributed by atoms with Crippen LogP contribution in [0, 0.1) is 17.8 Å². The maximum absolute atomic E-state index is 11.6. The summed E-state index contributed by atoms with van der Waals surface area (Å²) in [6, 6.07) is 0.810. The van der Waals surface area contributed by atoms with Gasteiger partial charge in [0.25, 0.3) is 0 Å². The van der Waals surface area contributed by atoms with Crippen molar-refractivity contribution in [3.63, 3.8) is 0 Å². The highest BCUT2D eigenvalue weighted by Gasteiger charge is 2.42. The zero-order valence-corrected chi connectivity index (χ0v) is 13.4. The SMILES string of the molecule is CCC1CCC(C(=O)O)C(N2CC(C)C(N(C)C)C2)C1. The Morgan fingerprint density at radius 3 is 2.50 bits per heavy atom. The molecule has 20 heavy (non-hydrogen) atoms. The molecule has 2 rings (SSSR count). The van der Waals surface area contributed by atoms with Crippen LogP contribution < -0.4 is 0 Å². The highest BCUT2D eigenvalue weighted by molar-refractivity contribution is 5.71. The van der Waals surface area contributed by atoms with Crippen LogP contribution in [0.1, 0.15) is 39.5 Å². The Morgan fingerprint density at radius 1 is 1.30 bits per heavy atom. The summed E-state index contributed by atoms with van der Waals surface area (Å²) >= 11 is 0. The van der Waals surface area contributed by atoms with E-state index in [1.54, 1.807) is 0 Å². The quantitative estimate of drug-likeness (QED) is 0.858. The first kappa shape index (κ1) is 15.8. The van der Waals surface area contributed by atoms with Crippen molar-refractivity contribution in [2.45, 2.75) is 51.6 Å². The Balaban J connectivity index is 2.09. The molecule has 1 saturated heterocycles. The van der Waals surface area contributed by atoms with Crippen LogP contribution >= 0.6 is 0 Å². The highest BCUT2D eigenvalue weighted by atomic mass is 16.4. The van der Waals surface area contributed by atoms with Crippen molar-refractivity contribution < 1.29 is 9.90 Å². The number of aliphatic carboxylic acids is 1. The van der Waals surface area contributed by atoms with Crippen molar-refractivity contribution in [2.24, 2.45) is 17.8 Å². The van der Waals surface area contributed by atoms with Gasteiger partial charge in [0.05, 0.1) is 5.92 Å². The van der Waals surface area contributed by atoms with Crippen molar-refractivity contribution >= 4 is 5.97 Å². The molecule has 1 aliphatic heterocycles. The van der Waals surface area contributed by atoms with Crippen LogP contribution in [0.5, 0.6) is 0 Å². The Labute approximate surface area is 123 Å². The molecule has 116 valence electrons. The molecule has 4 heteroatoms. The van der Waals surface area contributed by atoms with E-state index in [-0.39, 0.29) is 12.0 Å². The standard InChI is InChI=1S/C16H30N2O2/c1-5-12-6-7-13(16(19)20)14(8-12)18-9-11(2)15(10-18)17(3)4/h11-15H,5-10H2,1-4H3,(H,19,20). The first-order valence-electron chi connectivity index (χ1n) is 8.07. The van der Waals surface area contributed by atoms with Gasteiger partial charge in [0.1, 0.15) is 0 Å². The molecule has 4 nitrogen and oxygen atoms in total. The highest BCUT2D eigenvalue weighted by Crippen LogP contribution is 2.37. The van der Waals surface area contributed by atoms with Gasteiger partial charge >= 0.3 is 5.97 Å². The first-order valence-corrected chi connectivity index (χ1v) is 8.07. The second-order valence-corrected chi connectivity index (χ2v) is 7.06. The summed E-state index contributed by atoms with van der Waals surface area (Å²) in [7, 11) is 4.27. The number of carboxylic acid groups (broad SMARTS) is 1. The van der Waals surface area contributed by atoms with Crippen LogP contribution in [0.3, 0.4) is 0 Å². The van der Waals surface area contributed by atoms with Crippen LogP contribution in [0.2, 0.25) is 0 Å². The van der Waals surface area contributed by atoms with E-state index in [1.165, 1.54) is 6.42 Å². The van der Waals surface area contributed by atoms with Crippen molar-refractivity contribution in [1.29, 1.82) is 0 Å². The smallest absolute Gasteiger partial charge is 0.308 e. The van der Waals surface area contributed by atoms with Gasteiger partial charge in [-0.1, -0.05) is 20.3 Å². The van der Waals surface area contributed by atoms with E-state index in [9.17, 15) is 9.90 Å². The molecule has 5 atom stereocenters. The second-order valence-electron chi connectivity index (χ2n) is 7.06. The van der Waals surface area contributed by atoms with Gasteiger partial charge in [-0.25, -0.2) is 0 Å². The zero-order chi connectivity index (χ0) is 14.9. The fourth-order valence-corrected chi connectivity index (χ4v) is 4.22. The van der Waals surface area contributed by atoms with Crippen molar-refractivity contribution in [2.75, 3.05) is 27.2 Å². The number of rotatable bonds is 4. The number of nitrogens with zero attached hydrogens (tertiary/aromatic N) is 2. The lowest BCUT2D eigenvalue weighted by Crippen LogP contribution is -2.47. The monoisotopic (exact) mass is 282 g/mol. The Bertz CT molecular complexity index is 345. The molecule has 1 N–H and O–H groups in total. The number of likely N-dealkylation sites (N-methyl/N-ethyl adjacent to an activating group) is 1. The minimum Gasteiger partial charge on any atom is -0.481 e. The Kier molecular flexibility index (Phi) is 5.08. The summed E-state index contributed by atoms with van der Waals surface area (Å²) < 4.78 is 0. The number of hydrogen-bond acceptors (Lipinski definition) is 3. The van der Waals surface area contributed by atoms with Crippen molar-refractivity contribution in [3.8, 4) is 0 Å². The molecule has 0 bridgehead atoms. The topological polar surface area (TPSA) is 43.8 Å². The minimum atomic E-state index is -0.592. The third kappa shape index (κ3) is 3.17. The van der Waals surface area contributed by atoms with E-state index in [0.717, 1.165) is 32.4 Å². The summed E-state index contributed by atoms with van der Waals surface area (Å²) in [5.41, 5.74) is 0. The molecule has 0 aromatic carbocycles. The lowest BCUT2D eigenvalue weighted by atomic mass is 9.76. The summed E-state index contributed by atoms with van der Waals surface area (Å²) in [6.45, 7) is 6.60. The van der Waals surface area contributed by atoms with E-state index < -0.39 is 5.97 Å². The molecule has 0 spiro atoms. The average molecular weight is 282 g/mol. The largest absolute Gasteiger partial charge is 0.481 e. The number of hydrogen-bond donors (Lipinski definition) is 1. The van der Waals surface area contributed by atoms with Gasteiger partial charge in [-0.3, -0.25) is 9.69 Å². The minimum absolute atomic E-state index is 0.161. The molecule has 1 saturated carbocycles. The van der Waals surface area contributed by atoms with E-state index >= 15 is 0 Å². The number of carboxylic acids is 1. The summed E-state index contributed by atoms with van der Waals surface area (Å²) in [4.78, 5) is 16.3. The lowest BCUT2D eigenvalue weighted by molar-refractivity contribution is -0.146. The summed E-state index contributed by atoms with van der Waals surface area (Å²) in [5.74, 6) is 0.585. The van der Waals surface area contributed by atoms with Gasteiger partial charge < -0.3 is 10.0 Å². The predicted octanol–water partition coefficient (Wildman–Crippen LogP) is 2.15. The molecule has 2 fully saturated rings. The Hall–Kier alpha value is -0.610. The molecule has 5 unspecified atom stereocenters. The lowest BCUT2D eigenvalue weighted by Gasteiger charge is -2.39. The van der Waals surface area contributed by atoms with Gasteiger partial charge in [-0.2, -0.15) is 0 Å². The zero-order valence-electron chi connectivity index (χ0n) is 13.4. The molecule has 0 aromatic heterocycles. The molecule has 1 aliphatic carbocycles. The van der Waals surface area contributed by atoms with Gasteiger partial charge in [0.2, 0.25) is 0 Å². The number of likely N-dealkylation sites (tertiary alicyclic amines) is 1. The van der Waals surface area contributed by atoms with Crippen LogP contribution in [0.4, 0.5) is 0 Å². The van der Waals surface area contributed by atoms with Gasteiger partial charge in [-0.05, 0) is 45.2 Å². The van der Waals surface area contributed by atoms with E-state index in [0.29, 0.717) is 17.9 Å². The van der Waals surface area contributed by atoms with Crippen LogP contribution in [-0.2, 0) is 4.79 Å². The van der Waals surface area contributed by atoms with Crippen molar-refractivity contribution in [1.82, 2.24) is 9.80 Å². The third-order valence-corrected chi connectivity index (χ3v) is 5.55. The molecule has 0 amide bonds. The molecular formula is C16H30N2O2. The maximum atomic E-state index is 11.6. The van der Waals surface area contributed by atoms with E-state index in [4.69, 9.17) is 0 Å². The van der Waals surface area contributed by atoms with E-state index in [2.05, 4.69) is 37.7 Å². The van der Waals surface area contributed by atoms with Gasteiger partial charge in [-0.15, -0.1) is 0 Å². The normalized spacial score (nSPS) is 39.4. The van der Waals surface area contributed by atoms with Crippen LogP contribution in [0.15, 0.2) is 0 Å².